The van der Waals surface area contributed by atoms with Gasteiger partial charge in [-0.3, -0.25) is 0 Å². The lowest BCUT2D eigenvalue weighted by molar-refractivity contribution is -0.117. The first-order valence-electron chi connectivity index (χ1n) is 1.84. The Kier molecular flexibility index (Phi) is 12.6. The molecule has 0 amide bonds. The zero-order valence-corrected chi connectivity index (χ0v) is 14.4. The summed E-state index contributed by atoms with van der Waals surface area (Å²) in [5.74, 6) is 0. The number of rotatable bonds is 7. The molecular weight excluding hydrogens is 448 g/mol. The van der Waals surface area contributed by atoms with E-state index in [1.54, 1.807) is 37.4 Å². The van der Waals surface area contributed by atoms with Gasteiger partial charge in [0.15, 0.2) is 0 Å². The second kappa shape index (κ2) is 9.74. The van der Waals surface area contributed by atoms with Crippen LogP contribution in [0.25, 0.3) is 0 Å². The Hall–Kier alpha value is 3.54. The second-order valence-electron chi connectivity index (χ2n) is 0.886. The number of hydrogen-bond acceptors (Lipinski definition) is 10. The minimum atomic E-state index is -2.16. The average Bonchev–Trinajstić information content (AvgIpc) is 2.04. The van der Waals surface area contributed by atoms with Crippen LogP contribution < -0.4 is 0 Å². The van der Waals surface area contributed by atoms with Crippen LogP contribution in [-0.4, -0.2) is 5.26 Å². The lowest BCUT2D eigenvalue weighted by Crippen LogP contribution is -1.88. The molecule has 2 nitrogen and oxygen atoms in total. The monoisotopic (exact) mass is 448 g/mol. The topological polar surface area (TPSA) is 29.5 Å². The third kappa shape index (κ3) is 10.1. The first-order valence-corrected chi connectivity index (χ1v) is 15.8. The summed E-state index contributed by atoms with van der Waals surface area (Å²) in [6, 6.07) is 0. The van der Waals surface area contributed by atoms with Crippen molar-refractivity contribution in [2.75, 3.05) is 0 Å². The van der Waals surface area contributed by atoms with Gasteiger partial charge >= 0.3 is 0 Å². The summed E-state index contributed by atoms with van der Waals surface area (Å²) in [6.45, 7) is -2.16. The summed E-state index contributed by atoms with van der Waals surface area (Å²) in [5.41, 5.74) is 0. The van der Waals surface area contributed by atoms with Crippen LogP contribution in [-0.2, 0) is 33.2 Å². The van der Waals surface area contributed by atoms with Crippen LogP contribution in [0, 0.1) is 0 Å². The standard InChI is InChI=1S/HIO2S9/c1-6-7-8-9-10-11-12(4,5)3-2/h2H. The summed E-state index contributed by atoms with van der Waals surface area (Å²) in [5, 5.41) is 8.26. The lowest BCUT2D eigenvalue weighted by Gasteiger charge is -2.00. The van der Waals surface area contributed by atoms with Gasteiger partial charge in [-0.2, -0.15) is 0 Å². The highest BCUT2D eigenvalue weighted by atomic mass is 127. The molecule has 0 aromatic heterocycles. The maximum Gasteiger partial charge on any atom is 0.115 e. The van der Waals surface area contributed by atoms with Crippen LogP contribution in [0.2, 0.25) is 0 Å². The molecule has 12 heavy (non-hydrogen) atoms. The normalized spacial score (nSPS) is 11.8. The largest absolute Gasteiger partial charge is 0.238 e. The Bertz CT molecular complexity index is 183. The summed E-state index contributed by atoms with van der Waals surface area (Å²) < 4.78 is 3.96. The molecule has 0 heterocycles. The molecule has 0 spiro atoms. The first-order chi connectivity index (χ1) is 5.62. The fourth-order valence-electron chi connectivity index (χ4n) is 0.0910. The molecule has 74 valence electrons. The highest BCUT2D eigenvalue weighted by Crippen LogP contribution is 2.55. The summed E-state index contributed by atoms with van der Waals surface area (Å²) in [6.07, 6.45) is 0. The van der Waals surface area contributed by atoms with Gasteiger partial charge in [0, 0.05) is 50.7 Å². The number of halogens is 1. The molecule has 0 bridgehead atoms. The fraction of sp³-hybridized carbons (Fsp3) is 0. The minimum absolute atomic E-state index is 1.20. The Morgan fingerprint density at radius 2 is 1.75 bits per heavy atom. The molecule has 0 unspecified atom stereocenters. The van der Waals surface area contributed by atoms with E-state index in [-0.39, 0.29) is 0 Å². The SMILES string of the molecule is OOS(=S)(=S)SSSSSSI. The molecule has 12 heteroatoms. The zero-order chi connectivity index (χ0) is 9.45. The van der Waals surface area contributed by atoms with E-state index in [1.807, 2.05) is 0 Å². The van der Waals surface area contributed by atoms with Crippen molar-refractivity contribution in [3.8, 4) is 0 Å². The van der Waals surface area contributed by atoms with Crippen molar-refractivity contribution >= 4 is 107 Å². The van der Waals surface area contributed by atoms with Crippen LogP contribution in [0.3, 0.4) is 0 Å². The van der Waals surface area contributed by atoms with E-state index >= 15 is 0 Å². The minimum Gasteiger partial charge on any atom is -0.238 e. The van der Waals surface area contributed by atoms with Crippen LogP contribution >= 0.6 is 78.3 Å². The summed E-state index contributed by atoms with van der Waals surface area (Å²) >= 11 is 11.7. The molecule has 0 saturated heterocycles. The van der Waals surface area contributed by atoms with Crippen LogP contribution in [0.15, 0.2) is 0 Å². The zero-order valence-electron chi connectivity index (χ0n) is 4.91. The molecule has 0 aliphatic heterocycles. The van der Waals surface area contributed by atoms with Crippen molar-refractivity contribution in [1.29, 1.82) is 0 Å². The maximum atomic E-state index is 8.26. The van der Waals surface area contributed by atoms with Gasteiger partial charge in [-0.05, 0) is 50.0 Å². The van der Waals surface area contributed by atoms with E-state index in [2.05, 4.69) is 25.5 Å². The van der Waals surface area contributed by atoms with E-state index < -0.39 is 6.46 Å². The summed E-state index contributed by atoms with van der Waals surface area (Å²) in [7, 11) is 9.10. The molecule has 0 radical (unpaired) electrons. The third-order valence-corrected chi connectivity index (χ3v) is 19.7. The molecule has 0 rings (SSSR count). The molecular formula is HIO2S9. The third-order valence-electron chi connectivity index (χ3n) is 0.311. The van der Waals surface area contributed by atoms with E-state index in [0.29, 0.717) is 0 Å². The summed E-state index contributed by atoms with van der Waals surface area (Å²) in [4.78, 5) is 0. The Balaban J connectivity index is 3.32. The Morgan fingerprint density at radius 3 is 2.25 bits per heavy atom. The predicted molar refractivity (Wildman–Crippen MR) is 85.4 cm³/mol. The van der Waals surface area contributed by atoms with E-state index in [0.717, 1.165) is 0 Å². The highest BCUT2D eigenvalue weighted by molar-refractivity contribution is 14.2. The molecule has 0 fully saturated rings. The van der Waals surface area contributed by atoms with Gasteiger partial charge in [-0.15, -0.1) is 4.33 Å². The van der Waals surface area contributed by atoms with Gasteiger partial charge in [0.05, 0.1) is 0 Å². The molecule has 0 atom stereocenters. The molecule has 0 aliphatic rings. The van der Waals surface area contributed by atoms with E-state index in [9.17, 15) is 0 Å². The Morgan fingerprint density at radius 1 is 1.17 bits per heavy atom. The smallest absolute Gasteiger partial charge is 0.115 e. The van der Waals surface area contributed by atoms with Crippen molar-refractivity contribution in [2.24, 2.45) is 0 Å². The fourth-order valence-corrected chi connectivity index (χ4v) is 20.7. The molecule has 0 aromatic carbocycles. The van der Waals surface area contributed by atoms with Crippen molar-refractivity contribution in [1.82, 2.24) is 0 Å². The van der Waals surface area contributed by atoms with Gasteiger partial charge in [0.2, 0.25) is 0 Å². The van der Waals surface area contributed by atoms with Gasteiger partial charge in [-0.1, -0.05) is 0 Å². The van der Waals surface area contributed by atoms with Crippen LogP contribution in [0.4, 0.5) is 0 Å². The molecule has 0 aliphatic carbocycles. The van der Waals surface area contributed by atoms with Crippen molar-refractivity contribution in [2.45, 2.75) is 0 Å². The average molecular weight is 449 g/mol. The molecule has 1 N–H and O–H groups in total. The van der Waals surface area contributed by atoms with Crippen LogP contribution in [0.1, 0.15) is 0 Å². The Labute approximate surface area is 115 Å². The lowest BCUT2D eigenvalue weighted by atomic mass is 15.0. The molecule has 0 saturated carbocycles. The number of hydrogen-bond donors (Lipinski definition) is 1. The second-order valence-corrected chi connectivity index (χ2v) is 20.6. The predicted octanol–water partition coefficient (Wildman–Crippen LogP) is 4.71. The molecule has 0 aromatic rings. The quantitative estimate of drug-likeness (QED) is 0.194. The van der Waals surface area contributed by atoms with Crippen molar-refractivity contribution in [3.05, 3.63) is 0 Å². The highest BCUT2D eigenvalue weighted by Gasteiger charge is 2.03. The van der Waals surface area contributed by atoms with Gasteiger partial charge in [0.25, 0.3) is 0 Å². The first kappa shape index (κ1) is 15.5. The van der Waals surface area contributed by atoms with Crippen LogP contribution in [0.5, 0.6) is 0 Å². The van der Waals surface area contributed by atoms with E-state index in [1.165, 1.54) is 19.7 Å². The van der Waals surface area contributed by atoms with Gasteiger partial charge < -0.3 is 0 Å². The van der Waals surface area contributed by atoms with Gasteiger partial charge in [-0.25, -0.2) is 5.26 Å². The van der Waals surface area contributed by atoms with Crippen molar-refractivity contribution < 1.29 is 9.59 Å². The van der Waals surface area contributed by atoms with Crippen molar-refractivity contribution in [3.63, 3.8) is 0 Å². The van der Waals surface area contributed by atoms with Gasteiger partial charge in [0.1, 0.15) is 6.46 Å². The maximum absolute atomic E-state index is 8.26. The van der Waals surface area contributed by atoms with E-state index in [4.69, 9.17) is 27.6 Å².